The molecule has 0 atom stereocenters. The van der Waals surface area contributed by atoms with Crippen molar-refractivity contribution in [2.24, 2.45) is 5.73 Å². The molecule has 0 radical (unpaired) electrons. The molecular formula is C33H34N4O6S. The first kappa shape index (κ1) is 30.9. The Morgan fingerprint density at radius 1 is 1.05 bits per heavy atom. The van der Waals surface area contributed by atoms with E-state index in [1.54, 1.807) is 55.5 Å². The number of hydrogen-bond donors (Lipinski definition) is 4. The van der Waals surface area contributed by atoms with Crippen molar-refractivity contribution in [1.82, 2.24) is 10.3 Å². The molecule has 2 aromatic carbocycles. The van der Waals surface area contributed by atoms with Crippen LogP contribution in [0.4, 0.5) is 5.69 Å². The number of hydrogen-bond acceptors (Lipinski definition) is 9. The quantitative estimate of drug-likeness (QED) is 0.196. The first-order valence-corrected chi connectivity index (χ1v) is 15.0. The van der Waals surface area contributed by atoms with E-state index in [0.717, 1.165) is 21.6 Å². The molecule has 3 heterocycles. The number of rotatable bonds is 9. The van der Waals surface area contributed by atoms with Gasteiger partial charge in [-0.25, -0.2) is 9.78 Å². The molecule has 2 aromatic heterocycles. The van der Waals surface area contributed by atoms with Gasteiger partial charge in [0.25, 0.3) is 11.8 Å². The number of aliphatic hydroxyl groups is 1. The van der Waals surface area contributed by atoms with E-state index in [0.29, 0.717) is 48.6 Å². The van der Waals surface area contributed by atoms with E-state index in [4.69, 9.17) is 15.2 Å². The van der Waals surface area contributed by atoms with E-state index < -0.39 is 23.3 Å². The molecule has 11 heteroatoms. The maximum atomic E-state index is 13.9. The Bertz CT molecular complexity index is 1710. The molecule has 1 aliphatic heterocycles. The fourth-order valence-electron chi connectivity index (χ4n) is 5.02. The van der Waals surface area contributed by atoms with Gasteiger partial charge in [-0.3, -0.25) is 9.59 Å². The van der Waals surface area contributed by atoms with Crippen molar-refractivity contribution in [1.29, 1.82) is 0 Å². The van der Waals surface area contributed by atoms with Crippen LogP contribution in [-0.4, -0.2) is 53.7 Å². The summed E-state index contributed by atoms with van der Waals surface area (Å²) in [7, 11) is 1.22. The first-order chi connectivity index (χ1) is 21.1. The van der Waals surface area contributed by atoms with Gasteiger partial charge in [-0.15, -0.1) is 11.3 Å². The summed E-state index contributed by atoms with van der Waals surface area (Å²) in [6, 6.07) is 15.9. The number of aliphatic hydroxyl groups excluding tert-OH is 1. The molecule has 1 aliphatic rings. The Balaban J connectivity index is 1.64. The number of nitrogens with two attached hydrogens (primary N) is 1. The van der Waals surface area contributed by atoms with E-state index in [1.165, 1.54) is 13.2 Å². The number of amides is 2. The lowest BCUT2D eigenvalue weighted by molar-refractivity contribution is 0.0594. The minimum atomic E-state index is -0.774. The third-order valence-electron chi connectivity index (χ3n) is 7.42. The Kier molecular flexibility index (Phi) is 9.09. The monoisotopic (exact) mass is 614 g/mol. The van der Waals surface area contributed by atoms with Crippen LogP contribution in [0.15, 0.2) is 60.0 Å². The van der Waals surface area contributed by atoms with Crippen LogP contribution < -0.4 is 21.1 Å². The Hall–Kier alpha value is -4.58. The molecule has 4 aromatic rings. The highest BCUT2D eigenvalue weighted by Gasteiger charge is 2.28. The number of pyridine rings is 1. The number of nitrogens with zero attached hydrogens (tertiary/aromatic N) is 1. The van der Waals surface area contributed by atoms with Gasteiger partial charge in [-0.2, -0.15) is 0 Å². The highest BCUT2D eigenvalue weighted by atomic mass is 32.1. The minimum absolute atomic E-state index is 0.0135. The summed E-state index contributed by atoms with van der Waals surface area (Å²) in [6.07, 6.45) is 1.04. The van der Waals surface area contributed by atoms with Crippen molar-refractivity contribution in [3.63, 3.8) is 0 Å². The number of aromatic nitrogens is 1. The molecule has 0 aliphatic carbocycles. The molecule has 228 valence electrons. The largest absolute Gasteiger partial charge is 0.493 e. The molecule has 10 nitrogen and oxygen atoms in total. The highest BCUT2D eigenvalue weighted by Crippen LogP contribution is 2.43. The highest BCUT2D eigenvalue weighted by molar-refractivity contribution is 7.13. The lowest BCUT2D eigenvalue weighted by atomic mass is 9.93. The van der Waals surface area contributed by atoms with Crippen molar-refractivity contribution in [2.45, 2.75) is 38.8 Å². The topological polar surface area (TPSA) is 153 Å². The van der Waals surface area contributed by atoms with Gasteiger partial charge in [0, 0.05) is 57.9 Å². The number of methoxy groups -OCH3 is 1. The molecule has 0 unspecified atom stereocenters. The summed E-state index contributed by atoms with van der Waals surface area (Å²) < 4.78 is 11.2. The molecule has 0 saturated carbocycles. The number of fused-ring (bicyclic) bond motifs is 3. The zero-order valence-electron chi connectivity index (χ0n) is 24.7. The van der Waals surface area contributed by atoms with Crippen LogP contribution in [0.5, 0.6) is 5.75 Å². The molecule has 2 amide bonds. The smallest absolute Gasteiger partial charge is 0.357 e. The Labute approximate surface area is 259 Å². The fourth-order valence-corrected chi connectivity index (χ4v) is 5.99. The normalized spacial score (nSPS) is 12.3. The summed E-state index contributed by atoms with van der Waals surface area (Å²) in [5, 5.41) is 17.1. The molecule has 0 fully saturated rings. The summed E-state index contributed by atoms with van der Waals surface area (Å²) in [5.74, 6) is -1.14. The van der Waals surface area contributed by atoms with Crippen molar-refractivity contribution in [2.75, 3.05) is 25.6 Å². The number of anilines is 1. The number of ether oxygens (including phenoxy) is 2. The predicted molar refractivity (Wildman–Crippen MR) is 169 cm³/mol. The summed E-state index contributed by atoms with van der Waals surface area (Å²) in [4.78, 5) is 45.5. The Morgan fingerprint density at radius 2 is 1.82 bits per heavy atom. The average Bonchev–Trinajstić information content (AvgIpc) is 3.41. The van der Waals surface area contributed by atoms with E-state index in [9.17, 15) is 19.5 Å². The van der Waals surface area contributed by atoms with E-state index >= 15 is 0 Å². The van der Waals surface area contributed by atoms with Crippen LogP contribution in [-0.2, 0) is 17.7 Å². The predicted octanol–water partition coefficient (Wildman–Crippen LogP) is 4.80. The number of carbonyl (C=O) groups is 3. The lowest BCUT2D eigenvalue weighted by Crippen LogP contribution is -2.44. The van der Waals surface area contributed by atoms with Crippen LogP contribution in [0.1, 0.15) is 62.7 Å². The van der Waals surface area contributed by atoms with Crippen molar-refractivity contribution in [3.05, 3.63) is 88.1 Å². The minimum Gasteiger partial charge on any atom is -0.493 e. The maximum absolute atomic E-state index is 13.9. The van der Waals surface area contributed by atoms with Crippen LogP contribution in [0.25, 0.3) is 21.6 Å². The third kappa shape index (κ3) is 6.49. The standard InChI is InChI=1S/C33H34N4O6S/c1-33(2,12-13-38)37-31(40)26-9-8-22(28(36-26)32(41)42-3)23-17-27-25(29-20(10-14-43-27)11-15-44-29)16-24(23)30(39)35-21-6-4-19(18-34)5-7-21/h4-9,11,15-17,38H,10,12-14,18,34H2,1-3H3,(H,35,39)(H,37,40). The molecular weight excluding hydrogens is 580 g/mol. The van der Waals surface area contributed by atoms with Gasteiger partial charge < -0.3 is 30.9 Å². The van der Waals surface area contributed by atoms with Crippen molar-refractivity contribution < 1.29 is 29.0 Å². The molecule has 0 spiro atoms. The summed E-state index contributed by atoms with van der Waals surface area (Å²) in [6.45, 7) is 4.27. The fraction of sp³-hybridized carbons (Fsp3) is 0.273. The molecule has 5 N–H and O–H groups in total. The second kappa shape index (κ2) is 13.0. The van der Waals surface area contributed by atoms with Gasteiger partial charge in [0.2, 0.25) is 0 Å². The average molecular weight is 615 g/mol. The number of thiophene rings is 1. The molecule has 0 bridgehead atoms. The van der Waals surface area contributed by atoms with E-state index in [1.807, 2.05) is 17.5 Å². The number of esters is 1. The van der Waals surface area contributed by atoms with Gasteiger partial charge >= 0.3 is 5.97 Å². The first-order valence-electron chi connectivity index (χ1n) is 14.1. The number of benzene rings is 2. The van der Waals surface area contributed by atoms with Crippen LogP contribution in [0, 0.1) is 0 Å². The van der Waals surface area contributed by atoms with Gasteiger partial charge in [-0.1, -0.05) is 12.1 Å². The Morgan fingerprint density at radius 3 is 2.52 bits per heavy atom. The zero-order valence-corrected chi connectivity index (χ0v) is 25.5. The number of carbonyl (C=O) groups excluding carboxylic acids is 3. The SMILES string of the molecule is COC(=O)c1nc(C(=O)NC(C)(C)CCO)ccc1-c1cc2c(cc1C(=O)Nc1ccc(CN)cc1)-c1sccc1CCO2. The van der Waals surface area contributed by atoms with Gasteiger partial charge in [-0.05, 0) is 79.2 Å². The van der Waals surface area contributed by atoms with Gasteiger partial charge in [0.15, 0.2) is 5.69 Å². The molecule has 0 saturated heterocycles. The third-order valence-corrected chi connectivity index (χ3v) is 8.41. The second-order valence-electron chi connectivity index (χ2n) is 11.0. The molecule has 44 heavy (non-hydrogen) atoms. The summed E-state index contributed by atoms with van der Waals surface area (Å²) in [5.41, 5.74) is 9.24. The second-order valence-corrected chi connectivity index (χ2v) is 11.9. The van der Waals surface area contributed by atoms with E-state index in [2.05, 4.69) is 21.7 Å². The van der Waals surface area contributed by atoms with Crippen molar-refractivity contribution in [3.8, 4) is 27.3 Å². The number of nitrogens with one attached hydrogen (secondary N) is 2. The van der Waals surface area contributed by atoms with Crippen molar-refractivity contribution >= 4 is 34.8 Å². The van der Waals surface area contributed by atoms with E-state index in [-0.39, 0.29) is 23.6 Å². The van der Waals surface area contributed by atoms with Crippen LogP contribution >= 0.6 is 11.3 Å². The lowest BCUT2D eigenvalue weighted by Gasteiger charge is -2.25. The van der Waals surface area contributed by atoms with Gasteiger partial charge in [0.05, 0.1) is 13.7 Å². The maximum Gasteiger partial charge on any atom is 0.357 e. The zero-order chi connectivity index (χ0) is 31.4. The van der Waals surface area contributed by atoms with Gasteiger partial charge in [0.1, 0.15) is 11.4 Å². The van der Waals surface area contributed by atoms with Crippen LogP contribution in [0.2, 0.25) is 0 Å². The summed E-state index contributed by atoms with van der Waals surface area (Å²) >= 11 is 1.57. The van der Waals surface area contributed by atoms with Crippen LogP contribution in [0.3, 0.4) is 0 Å². The molecule has 5 rings (SSSR count).